The second-order valence-corrected chi connectivity index (χ2v) is 5.54. The fourth-order valence-corrected chi connectivity index (χ4v) is 2.88. The van der Waals surface area contributed by atoms with Crippen LogP contribution in [0.4, 0.5) is 0 Å². The van der Waals surface area contributed by atoms with E-state index in [1.807, 2.05) is 12.5 Å². The van der Waals surface area contributed by atoms with Crippen LogP contribution in [0.2, 0.25) is 0 Å². The van der Waals surface area contributed by atoms with Gasteiger partial charge in [0.1, 0.15) is 0 Å². The summed E-state index contributed by atoms with van der Waals surface area (Å²) < 4.78 is 7.66. The van der Waals surface area contributed by atoms with E-state index in [4.69, 9.17) is 10.5 Å². The standard InChI is InChI=1S/C15H28N4O/c1-3-18(4-2)7-5-8-19-12-17-10-14(19)15(16)13-6-9-20-11-13/h10,12-13,15H,3-9,11,16H2,1-2H3. The summed E-state index contributed by atoms with van der Waals surface area (Å²) in [5.74, 6) is 0.438. The number of ether oxygens (including phenoxy) is 1. The van der Waals surface area contributed by atoms with Crippen LogP contribution in [-0.2, 0) is 11.3 Å². The molecule has 1 aromatic heterocycles. The van der Waals surface area contributed by atoms with Crippen molar-refractivity contribution in [1.82, 2.24) is 14.5 Å². The molecule has 114 valence electrons. The third-order valence-corrected chi connectivity index (χ3v) is 4.33. The zero-order valence-electron chi connectivity index (χ0n) is 12.8. The molecule has 1 aromatic rings. The summed E-state index contributed by atoms with van der Waals surface area (Å²) in [6, 6.07) is 0.0495. The third-order valence-electron chi connectivity index (χ3n) is 4.33. The molecule has 2 atom stereocenters. The van der Waals surface area contributed by atoms with E-state index in [1.54, 1.807) is 0 Å². The Balaban J connectivity index is 1.87. The molecule has 2 heterocycles. The van der Waals surface area contributed by atoms with Crippen LogP contribution in [0, 0.1) is 5.92 Å². The summed E-state index contributed by atoms with van der Waals surface area (Å²) in [5.41, 5.74) is 7.53. The molecule has 20 heavy (non-hydrogen) atoms. The van der Waals surface area contributed by atoms with Crippen molar-refractivity contribution in [2.45, 2.75) is 39.3 Å². The summed E-state index contributed by atoms with van der Waals surface area (Å²) in [5, 5.41) is 0. The Morgan fingerprint density at radius 2 is 2.30 bits per heavy atom. The predicted octanol–water partition coefficient (Wildman–Crippen LogP) is 1.65. The minimum atomic E-state index is 0.0495. The lowest BCUT2D eigenvalue weighted by Crippen LogP contribution is -2.26. The number of aromatic nitrogens is 2. The molecule has 1 saturated heterocycles. The zero-order valence-corrected chi connectivity index (χ0v) is 12.8. The SMILES string of the molecule is CCN(CC)CCCn1cncc1C(N)C1CCOC1. The Hall–Kier alpha value is -0.910. The Morgan fingerprint density at radius 3 is 2.95 bits per heavy atom. The maximum absolute atomic E-state index is 6.38. The molecule has 1 fully saturated rings. The lowest BCUT2D eigenvalue weighted by atomic mass is 9.97. The van der Waals surface area contributed by atoms with Crippen molar-refractivity contribution in [3.63, 3.8) is 0 Å². The number of hydrogen-bond acceptors (Lipinski definition) is 4. The van der Waals surface area contributed by atoms with Gasteiger partial charge in [0.25, 0.3) is 0 Å². The highest BCUT2D eigenvalue weighted by atomic mass is 16.5. The number of imidazole rings is 1. The van der Waals surface area contributed by atoms with Gasteiger partial charge in [-0.05, 0) is 32.5 Å². The molecule has 0 aliphatic carbocycles. The third kappa shape index (κ3) is 3.81. The van der Waals surface area contributed by atoms with Crippen LogP contribution >= 0.6 is 0 Å². The maximum Gasteiger partial charge on any atom is 0.0948 e. The van der Waals surface area contributed by atoms with Gasteiger partial charge in [-0.25, -0.2) is 4.98 Å². The fraction of sp³-hybridized carbons (Fsp3) is 0.800. The highest BCUT2D eigenvalue weighted by Gasteiger charge is 2.26. The van der Waals surface area contributed by atoms with E-state index in [2.05, 4.69) is 28.3 Å². The van der Waals surface area contributed by atoms with Crippen LogP contribution in [0.5, 0.6) is 0 Å². The van der Waals surface area contributed by atoms with Crippen molar-refractivity contribution in [2.75, 3.05) is 32.8 Å². The van der Waals surface area contributed by atoms with E-state index in [1.165, 1.54) is 0 Å². The number of nitrogens with zero attached hydrogens (tertiary/aromatic N) is 3. The van der Waals surface area contributed by atoms with Crippen molar-refractivity contribution < 1.29 is 4.74 Å². The van der Waals surface area contributed by atoms with Crippen LogP contribution in [0.25, 0.3) is 0 Å². The first-order chi connectivity index (χ1) is 9.76. The molecule has 2 rings (SSSR count). The fourth-order valence-electron chi connectivity index (χ4n) is 2.88. The lowest BCUT2D eigenvalue weighted by Gasteiger charge is -2.21. The minimum absolute atomic E-state index is 0.0495. The van der Waals surface area contributed by atoms with Crippen molar-refractivity contribution in [3.05, 3.63) is 18.2 Å². The average molecular weight is 280 g/mol. The first-order valence-corrected chi connectivity index (χ1v) is 7.82. The quantitative estimate of drug-likeness (QED) is 0.786. The van der Waals surface area contributed by atoms with Gasteiger partial charge >= 0.3 is 0 Å². The van der Waals surface area contributed by atoms with Crippen LogP contribution < -0.4 is 5.73 Å². The van der Waals surface area contributed by atoms with Crippen LogP contribution in [0.3, 0.4) is 0 Å². The second kappa shape index (κ2) is 7.76. The molecule has 2 unspecified atom stereocenters. The number of hydrogen-bond donors (Lipinski definition) is 1. The smallest absolute Gasteiger partial charge is 0.0948 e. The van der Waals surface area contributed by atoms with Crippen LogP contribution in [-0.4, -0.2) is 47.3 Å². The molecule has 0 spiro atoms. The summed E-state index contributed by atoms with van der Waals surface area (Å²) in [6.45, 7) is 10.4. The van der Waals surface area contributed by atoms with Gasteiger partial charge in [0.05, 0.1) is 24.7 Å². The maximum atomic E-state index is 6.38. The van der Waals surface area contributed by atoms with Crippen LogP contribution in [0.1, 0.15) is 38.4 Å². The molecular weight excluding hydrogens is 252 g/mol. The summed E-state index contributed by atoms with van der Waals surface area (Å²) in [6.07, 6.45) is 6.03. The zero-order chi connectivity index (χ0) is 14.4. The summed E-state index contributed by atoms with van der Waals surface area (Å²) in [4.78, 5) is 6.73. The van der Waals surface area contributed by atoms with E-state index in [-0.39, 0.29) is 6.04 Å². The second-order valence-electron chi connectivity index (χ2n) is 5.54. The number of aryl methyl sites for hydroxylation is 1. The van der Waals surface area contributed by atoms with Crippen molar-refractivity contribution >= 4 is 0 Å². The molecule has 0 radical (unpaired) electrons. The van der Waals surface area contributed by atoms with E-state index in [0.717, 1.165) is 57.9 Å². The van der Waals surface area contributed by atoms with Gasteiger partial charge in [-0.15, -0.1) is 0 Å². The molecule has 5 nitrogen and oxygen atoms in total. The van der Waals surface area contributed by atoms with Crippen molar-refractivity contribution in [3.8, 4) is 0 Å². The Morgan fingerprint density at radius 1 is 1.50 bits per heavy atom. The van der Waals surface area contributed by atoms with Crippen molar-refractivity contribution in [1.29, 1.82) is 0 Å². The van der Waals surface area contributed by atoms with Gasteiger partial charge < -0.3 is 19.9 Å². The topological polar surface area (TPSA) is 56.3 Å². The monoisotopic (exact) mass is 280 g/mol. The first-order valence-electron chi connectivity index (χ1n) is 7.82. The number of nitrogens with two attached hydrogens (primary N) is 1. The molecule has 0 saturated carbocycles. The molecule has 0 aromatic carbocycles. The largest absolute Gasteiger partial charge is 0.381 e. The molecule has 0 bridgehead atoms. The normalized spacial score (nSPS) is 20.7. The van der Waals surface area contributed by atoms with Gasteiger partial charge in [0, 0.05) is 25.3 Å². The predicted molar refractivity (Wildman–Crippen MR) is 80.5 cm³/mol. The molecular formula is C15H28N4O. The molecule has 5 heteroatoms. The Labute approximate surface area is 122 Å². The Bertz CT molecular complexity index is 383. The summed E-state index contributed by atoms with van der Waals surface area (Å²) in [7, 11) is 0. The van der Waals surface area contributed by atoms with Gasteiger partial charge in [0.15, 0.2) is 0 Å². The highest BCUT2D eigenvalue weighted by Crippen LogP contribution is 2.26. The van der Waals surface area contributed by atoms with E-state index in [9.17, 15) is 0 Å². The summed E-state index contributed by atoms with van der Waals surface area (Å²) >= 11 is 0. The van der Waals surface area contributed by atoms with Crippen molar-refractivity contribution in [2.24, 2.45) is 11.7 Å². The highest BCUT2D eigenvalue weighted by molar-refractivity contribution is 5.07. The minimum Gasteiger partial charge on any atom is -0.381 e. The van der Waals surface area contributed by atoms with Gasteiger partial charge in [-0.2, -0.15) is 0 Å². The van der Waals surface area contributed by atoms with Crippen LogP contribution in [0.15, 0.2) is 12.5 Å². The first kappa shape index (κ1) is 15.5. The van der Waals surface area contributed by atoms with Gasteiger partial charge in [0.2, 0.25) is 0 Å². The van der Waals surface area contributed by atoms with Gasteiger partial charge in [-0.1, -0.05) is 13.8 Å². The lowest BCUT2D eigenvalue weighted by molar-refractivity contribution is 0.180. The Kier molecular flexibility index (Phi) is 6.01. The van der Waals surface area contributed by atoms with E-state index in [0.29, 0.717) is 5.92 Å². The molecule has 1 aliphatic heterocycles. The van der Waals surface area contributed by atoms with E-state index >= 15 is 0 Å². The molecule has 0 amide bonds. The average Bonchev–Trinajstić information content (AvgIpc) is 3.14. The number of rotatable bonds is 8. The van der Waals surface area contributed by atoms with Gasteiger partial charge in [-0.3, -0.25) is 0 Å². The molecule has 2 N–H and O–H groups in total. The molecule has 1 aliphatic rings. The van der Waals surface area contributed by atoms with E-state index < -0.39 is 0 Å².